The molecule has 0 spiro atoms. The van der Waals surface area contributed by atoms with Gasteiger partial charge in [0.25, 0.3) is 0 Å². The molecule has 0 heterocycles. The van der Waals surface area contributed by atoms with Crippen LogP contribution in [-0.2, 0) is 0 Å². The van der Waals surface area contributed by atoms with Crippen LogP contribution in [0.1, 0.15) is 0 Å². The second-order valence-corrected chi connectivity index (χ2v) is 2.09. The Morgan fingerprint density at radius 2 is 1.70 bits per heavy atom. The third-order valence-electron chi connectivity index (χ3n) is 1.05. The van der Waals surface area contributed by atoms with Gasteiger partial charge in [-0.05, 0) is 24.3 Å². The van der Waals surface area contributed by atoms with Crippen molar-refractivity contribution in [3.8, 4) is 5.75 Å². The maximum absolute atomic E-state index is 5.61. The van der Waals surface area contributed by atoms with Crippen LogP contribution in [0.25, 0.3) is 0 Å². The second kappa shape index (κ2) is 5.03. The maximum atomic E-state index is 5.61. The van der Waals surface area contributed by atoms with Gasteiger partial charge in [0.05, 0.1) is 7.11 Å². The summed E-state index contributed by atoms with van der Waals surface area (Å²) >= 11 is 5.61. The summed E-state index contributed by atoms with van der Waals surface area (Å²) in [5, 5.41) is 0.732. The zero-order valence-corrected chi connectivity index (χ0v) is 8.85. The number of methoxy groups -OCH3 is 1. The van der Waals surface area contributed by atoms with Crippen molar-refractivity contribution in [2.75, 3.05) is 7.11 Å². The van der Waals surface area contributed by atoms with E-state index in [9.17, 15) is 0 Å². The first kappa shape index (κ1) is 10.3. The third-order valence-corrected chi connectivity index (χ3v) is 1.30. The molecule has 0 amide bonds. The molecule has 0 bridgehead atoms. The number of hydrogen-bond acceptors (Lipinski definition) is 1. The fourth-order valence-corrected chi connectivity index (χ4v) is 0.697. The molecule has 49 valence electrons. The predicted molar refractivity (Wildman–Crippen MR) is 43.8 cm³/mol. The van der Waals surface area contributed by atoms with E-state index in [2.05, 4.69) is 0 Å². The van der Waals surface area contributed by atoms with Gasteiger partial charge in [0.2, 0.25) is 0 Å². The molecule has 0 aromatic heterocycles. The molecule has 0 fully saturated rings. The van der Waals surface area contributed by atoms with Crippen LogP contribution in [0.5, 0.6) is 5.75 Å². The van der Waals surface area contributed by atoms with Crippen molar-refractivity contribution in [3.63, 3.8) is 0 Å². The van der Waals surface area contributed by atoms with E-state index < -0.39 is 0 Å². The largest absolute Gasteiger partial charge is 0.497 e. The van der Waals surface area contributed by atoms with Crippen LogP contribution >= 0.6 is 11.6 Å². The van der Waals surface area contributed by atoms with Gasteiger partial charge in [0.15, 0.2) is 0 Å². The van der Waals surface area contributed by atoms with Crippen molar-refractivity contribution in [2.45, 2.75) is 0 Å². The van der Waals surface area contributed by atoms with E-state index in [1.54, 1.807) is 19.2 Å². The summed E-state index contributed by atoms with van der Waals surface area (Å²) in [4.78, 5) is 0. The molecule has 1 radical (unpaired) electrons. The zero-order valence-electron chi connectivity index (χ0n) is 6.10. The maximum Gasteiger partial charge on any atom is 0.118 e. The predicted octanol–water partition coefficient (Wildman–Crippen LogP) is 1.97. The first-order valence-corrected chi connectivity index (χ1v) is 3.00. The van der Waals surface area contributed by atoms with Gasteiger partial charge in [-0.15, -0.1) is 0 Å². The monoisotopic (exact) mass is 165 g/mol. The second-order valence-electron chi connectivity index (χ2n) is 1.66. The first-order valence-electron chi connectivity index (χ1n) is 2.62. The van der Waals surface area contributed by atoms with Crippen LogP contribution in [0.4, 0.5) is 0 Å². The number of rotatable bonds is 1. The third kappa shape index (κ3) is 2.93. The SMILES string of the molecule is COc1ccc(Cl)cc1.[Na]. The molecule has 1 aromatic carbocycles. The van der Waals surface area contributed by atoms with E-state index >= 15 is 0 Å². The van der Waals surface area contributed by atoms with Crippen molar-refractivity contribution in [2.24, 2.45) is 0 Å². The number of halogens is 1. The quantitative estimate of drug-likeness (QED) is 0.578. The molecule has 1 nitrogen and oxygen atoms in total. The van der Waals surface area contributed by atoms with Gasteiger partial charge in [-0.2, -0.15) is 0 Å². The molecule has 0 aliphatic rings. The van der Waals surface area contributed by atoms with Crippen LogP contribution < -0.4 is 4.74 Å². The Kier molecular flexibility index (Phi) is 5.18. The molecular formula is C7H7ClNaO. The molecule has 1 aromatic rings. The average Bonchev–Trinajstić information content (AvgIpc) is 1.90. The summed E-state index contributed by atoms with van der Waals surface area (Å²) in [6, 6.07) is 7.23. The van der Waals surface area contributed by atoms with Crippen LogP contribution in [0.2, 0.25) is 5.02 Å². The summed E-state index contributed by atoms with van der Waals surface area (Å²) in [5.41, 5.74) is 0. The van der Waals surface area contributed by atoms with Crippen LogP contribution in [0, 0.1) is 0 Å². The zero-order chi connectivity index (χ0) is 6.69. The smallest absolute Gasteiger partial charge is 0.118 e. The van der Waals surface area contributed by atoms with Gasteiger partial charge < -0.3 is 4.74 Å². The summed E-state index contributed by atoms with van der Waals surface area (Å²) < 4.78 is 4.91. The van der Waals surface area contributed by atoms with Crippen molar-refractivity contribution < 1.29 is 4.74 Å². The molecule has 0 atom stereocenters. The fourth-order valence-electron chi connectivity index (χ4n) is 0.571. The van der Waals surface area contributed by atoms with Crippen LogP contribution in [0.3, 0.4) is 0 Å². The Bertz CT molecular complexity index is 185. The molecule has 0 aliphatic heterocycles. The number of ether oxygens (including phenoxy) is 1. The summed E-state index contributed by atoms with van der Waals surface area (Å²) in [6.45, 7) is 0. The van der Waals surface area contributed by atoms with E-state index in [0.717, 1.165) is 10.8 Å². The van der Waals surface area contributed by atoms with Gasteiger partial charge in [-0.3, -0.25) is 0 Å². The van der Waals surface area contributed by atoms with E-state index in [-0.39, 0.29) is 29.6 Å². The topological polar surface area (TPSA) is 9.23 Å². The Hall–Kier alpha value is 0.310. The van der Waals surface area contributed by atoms with Crippen molar-refractivity contribution in [1.82, 2.24) is 0 Å². The summed E-state index contributed by atoms with van der Waals surface area (Å²) in [7, 11) is 1.63. The van der Waals surface area contributed by atoms with Crippen molar-refractivity contribution in [1.29, 1.82) is 0 Å². The van der Waals surface area contributed by atoms with Crippen molar-refractivity contribution >= 4 is 41.2 Å². The Labute approximate surface area is 87.6 Å². The van der Waals surface area contributed by atoms with Gasteiger partial charge in [-0.1, -0.05) is 11.6 Å². The van der Waals surface area contributed by atoms with Gasteiger partial charge >= 0.3 is 0 Å². The van der Waals surface area contributed by atoms with Gasteiger partial charge in [0.1, 0.15) is 5.75 Å². The summed E-state index contributed by atoms with van der Waals surface area (Å²) in [6.07, 6.45) is 0. The Morgan fingerprint density at radius 3 is 2.10 bits per heavy atom. The molecule has 0 saturated carbocycles. The molecular weight excluding hydrogens is 159 g/mol. The standard InChI is InChI=1S/C7H7ClO.Na/c1-9-7-4-2-6(8)3-5-7;/h2-5H,1H3;. The minimum atomic E-state index is 0. The van der Waals surface area contributed by atoms with Gasteiger partial charge in [0, 0.05) is 34.6 Å². The van der Waals surface area contributed by atoms with E-state index in [4.69, 9.17) is 16.3 Å². The van der Waals surface area contributed by atoms with Gasteiger partial charge in [-0.25, -0.2) is 0 Å². The summed E-state index contributed by atoms with van der Waals surface area (Å²) in [5.74, 6) is 0.833. The van der Waals surface area contributed by atoms with Crippen molar-refractivity contribution in [3.05, 3.63) is 29.3 Å². The Morgan fingerprint density at radius 1 is 1.20 bits per heavy atom. The fraction of sp³-hybridized carbons (Fsp3) is 0.143. The molecule has 1 rings (SSSR count). The first-order chi connectivity index (χ1) is 4.33. The molecule has 0 unspecified atom stereocenters. The van der Waals surface area contributed by atoms with E-state index in [1.807, 2.05) is 12.1 Å². The van der Waals surface area contributed by atoms with E-state index in [1.165, 1.54) is 0 Å². The molecule has 0 N–H and O–H groups in total. The Balaban J connectivity index is 0.000000810. The molecule has 0 aliphatic carbocycles. The minimum absolute atomic E-state index is 0. The minimum Gasteiger partial charge on any atom is -0.497 e. The van der Waals surface area contributed by atoms with Crippen LogP contribution in [-0.4, -0.2) is 36.7 Å². The molecule has 10 heavy (non-hydrogen) atoms. The molecule has 3 heteroatoms. The van der Waals surface area contributed by atoms with Crippen LogP contribution in [0.15, 0.2) is 24.3 Å². The normalized spacial score (nSPS) is 8.20. The number of benzene rings is 1. The molecule has 0 saturated heterocycles. The number of hydrogen-bond donors (Lipinski definition) is 0. The van der Waals surface area contributed by atoms with E-state index in [0.29, 0.717) is 0 Å². The average molecular weight is 166 g/mol.